The second kappa shape index (κ2) is 4.92. The van der Waals surface area contributed by atoms with Crippen LogP contribution in [0.25, 0.3) is 27.5 Å². The minimum atomic E-state index is -0.501. The van der Waals surface area contributed by atoms with E-state index in [0.717, 1.165) is 16.8 Å². The molecule has 1 aromatic heterocycles. The van der Waals surface area contributed by atoms with Gasteiger partial charge in [-0.2, -0.15) is 0 Å². The second-order valence-corrected chi connectivity index (χ2v) is 6.91. The predicted octanol–water partition coefficient (Wildman–Crippen LogP) is 4.46. The van der Waals surface area contributed by atoms with Gasteiger partial charge in [0.1, 0.15) is 11.2 Å². The molecule has 0 aliphatic carbocycles. The molecule has 0 fully saturated rings. The van der Waals surface area contributed by atoms with E-state index in [9.17, 15) is 14.9 Å². The van der Waals surface area contributed by atoms with Crippen molar-refractivity contribution in [3.8, 4) is 0 Å². The Kier molecular flexibility index (Phi) is 3.03. The third-order valence-electron chi connectivity index (χ3n) is 4.46. The molecule has 1 aliphatic rings. The second-order valence-electron chi connectivity index (χ2n) is 6.91. The molecule has 126 valence electrons. The molecule has 0 saturated heterocycles. The van der Waals surface area contributed by atoms with Gasteiger partial charge in [0.2, 0.25) is 5.43 Å². The van der Waals surface area contributed by atoms with Crippen LogP contribution in [-0.2, 0) is 0 Å². The van der Waals surface area contributed by atoms with E-state index in [1.54, 1.807) is 6.07 Å². The smallest absolute Gasteiger partial charge is 0.273 e. The van der Waals surface area contributed by atoms with E-state index in [4.69, 9.17) is 4.42 Å². The number of benzene rings is 2. The van der Waals surface area contributed by atoms with Gasteiger partial charge in [-0.1, -0.05) is 6.08 Å². The number of allylic oxidation sites excluding steroid dienone is 1. The molecule has 0 unspecified atom stereocenters. The van der Waals surface area contributed by atoms with Gasteiger partial charge in [0, 0.05) is 17.3 Å². The largest absolute Gasteiger partial charge is 0.455 e. The maximum Gasteiger partial charge on any atom is 0.273 e. The van der Waals surface area contributed by atoms with Crippen molar-refractivity contribution in [3.05, 3.63) is 62.3 Å². The van der Waals surface area contributed by atoms with Gasteiger partial charge in [0.25, 0.3) is 5.69 Å². The van der Waals surface area contributed by atoms with E-state index in [-0.39, 0.29) is 22.2 Å². The van der Waals surface area contributed by atoms with E-state index >= 15 is 0 Å². The zero-order valence-electron chi connectivity index (χ0n) is 14.0. The Bertz CT molecular complexity index is 1160. The maximum absolute atomic E-state index is 12.8. The van der Waals surface area contributed by atoms with Crippen LogP contribution in [0, 0.1) is 10.1 Å². The highest BCUT2D eigenvalue weighted by atomic mass is 16.6. The molecule has 0 saturated carbocycles. The molecule has 3 aromatic rings. The van der Waals surface area contributed by atoms with Gasteiger partial charge < -0.3 is 9.73 Å². The summed E-state index contributed by atoms with van der Waals surface area (Å²) < 4.78 is 5.97. The highest BCUT2D eigenvalue weighted by Gasteiger charge is 2.26. The van der Waals surface area contributed by atoms with Crippen LogP contribution in [0.4, 0.5) is 11.4 Å². The molecule has 1 aliphatic heterocycles. The van der Waals surface area contributed by atoms with Crippen LogP contribution in [0.1, 0.15) is 26.3 Å². The molecule has 0 bridgehead atoms. The van der Waals surface area contributed by atoms with Crippen molar-refractivity contribution in [1.82, 2.24) is 0 Å². The summed E-state index contributed by atoms with van der Waals surface area (Å²) in [7, 11) is 0. The number of nitrogens with one attached hydrogen (secondary N) is 1. The summed E-state index contributed by atoms with van der Waals surface area (Å²) in [6.45, 7) is 6.09. The van der Waals surface area contributed by atoms with Crippen LogP contribution < -0.4 is 10.7 Å². The SMILES string of the molecule is CC1=CC(C)(C)Nc2ccc3c(=O)c4ccc([N+](=O)[O-])cc4oc3c21. The number of nitro benzene ring substituents is 1. The number of rotatable bonds is 1. The van der Waals surface area contributed by atoms with Crippen molar-refractivity contribution >= 4 is 38.9 Å². The predicted molar refractivity (Wildman–Crippen MR) is 98.0 cm³/mol. The van der Waals surface area contributed by atoms with Crippen LogP contribution in [0.3, 0.4) is 0 Å². The Morgan fingerprint density at radius 3 is 2.60 bits per heavy atom. The normalized spacial score (nSPS) is 15.6. The third kappa shape index (κ3) is 2.29. The summed E-state index contributed by atoms with van der Waals surface area (Å²) in [5.41, 5.74) is 2.87. The van der Waals surface area contributed by atoms with Crippen LogP contribution in [0.2, 0.25) is 0 Å². The Labute approximate surface area is 142 Å². The summed E-state index contributed by atoms with van der Waals surface area (Å²) in [6.07, 6.45) is 2.08. The molecule has 1 N–H and O–H groups in total. The van der Waals surface area contributed by atoms with Crippen molar-refractivity contribution in [1.29, 1.82) is 0 Å². The first-order valence-electron chi connectivity index (χ1n) is 7.93. The molecule has 0 radical (unpaired) electrons. The quantitative estimate of drug-likeness (QED) is 0.403. The van der Waals surface area contributed by atoms with E-state index in [2.05, 4.69) is 25.2 Å². The van der Waals surface area contributed by atoms with Gasteiger partial charge in [-0.25, -0.2) is 0 Å². The number of fused-ring (bicyclic) bond motifs is 4. The molecule has 2 heterocycles. The zero-order chi connectivity index (χ0) is 17.9. The monoisotopic (exact) mass is 336 g/mol. The topological polar surface area (TPSA) is 85.4 Å². The average molecular weight is 336 g/mol. The first-order chi connectivity index (χ1) is 11.8. The molecule has 0 atom stereocenters. The number of non-ortho nitro benzene ring substituents is 1. The lowest BCUT2D eigenvalue weighted by Gasteiger charge is -2.31. The fourth-order valence-corrected chi connectivity index (χ4v) is 3.51. The van der Waals surface area contributed by atoms with E-state index in [1.165, 1.54) is 18.2 Å². The highest BCUT2D eigenvalue weighted by molar-refractivity contribution is 6.00. The van der Waals surface area contributed by atoms with Crippen LogP contribution in [0.5, 0.6) is 0 Å². The minimum Gasteiger partial charge on any atom is -0.455 e. The van der Waals surface area contributed by atoms with Gasteiger partial charge >= 0.3 is 0 Å². The van der Waals surface area contributed by atoms with Gasteiger partial charge in [-0.05, 0) is 44.5 Å². The van der Waals surface area contributed by atoms with Crippen molar-refractivity contribution in [2.24, 2.45) is 0 Å². The lowest BCUT2D eigenvalue weighted by Crippen LogP contribution is -2.31. The number of nitro groups is 1. The number of anilines is 1. The summed E-state index contributed by atoms with van der Waals surface area (Å²) in [4.78, 5) is 23.3. The standard InChI is InChI=1S/C19H16N2O4/c1-10-9-19(2,3)20-14-7-6-13-17(22)12-5-4-11(21(23)24)8-15(12)25-18(13)16(10)14/h4-9,20H,1-3H3. The Hall–Kier alpha value is -3.15. The molecule has 25 heavy (non-hydrogen) atoms. The molecule has 0 spiro atoms. The van der Waals surface area contributed by atoms with Gasteiger partial charge in [-0.15, -0.1) is 0 Å². The zero-order valence-corrected chi connectivity index (χ0v) is 14.0. The molecule has 6 heteroatoms. The minimum absolute atomic E-state index is 0.105. The lowest BCUT2D eigenvalue weighted by molar-refractivity contribution is -0.384. The van der Waals surface area contributed by atoms with Crippen LogP contribution >= 0.6 is 0 Å². The van der Waals surface area contributed by atoms with Crippen molar-refractivity contribution in [2.45, 2.75) is 26.3 Å². The Morgan fingerprint density at radius 1 is 1.16 bits per heavy atom. The van der Waals surface area contributed by atoms with Crippen molar-refractivity contribution in [3.63, 3.8) is 0 Å². The molecular weight excluding hydrogens is 320 g/mol. The Morgan fingerprint density at radius 2 is 1.88 bits per heavy atom. The van der Waals surface area contributed by atoms with E-state index in [0.29, 0.717) is 16.4 Å². The summed E-state index contributed by atoms with van der Waals surface area (Å²) in [5.74, 6) is 0. The van der Waals surface area contributed by atoms with Gasteiger partial charge in [0.15, 0.2) is 0 Å². The van der Waals surface area contributed by atoms with Crippen LogP contribution in [-0.4, -0.2) is 10.5 Å². The number of hydrogen-bond acceptors (Lipinski definition) is 5. The van der Waals surface area contributed by atoms with E-state index < -0.39 is 4.92 Å². The molecular formula is C19H16N2O4. The maximum atomic E-state index is 12.8. The van der Waals surface area contributed by atoms with Crippen molar-refractivity contribution < 1.29 is 9.34 Å². The average Bonchev–Trinajstić information content (AvgIpc) is 2.52. The molecule has 4 rings (SSSR count). The lowest BCUT2D eigenvalue weighted by atomic mass is 9.90. The molecule has 6 nitrogen and oxygen atoms in total. The highest BCUT2D eigenvalue weighted by Crippen LogP contribution is 2.38. The van der Waals surface area contributed by atoms with E-state index in [1.807, 2.05) is 13.0 Å². The molecule has 2 aromatic carbocycles. The number of nitrogens with zero attached hydrogens (tertiary/aromatic N) is 1. The fraction of sp³-hybridized carbons (Fsp3) is 0.211. The summed E-state index contributed by atoms with van der Waals surface area (Å²) in [6, 6.07) is 7.68. The Balaban J connectivity index is 2.12. The van der Waals surface area contributed by atoms with Crippen LogP contribution in [0.15, 0.2) is 45.6 Å². The van der Waals surface area contributed by atoms with Gasteiger partial charge in [-0.3, -0.25) is 14.9 Å². The fourth-order valence-electron chi connectivity index (χ4n) is 3.51. The first kappa shape index (κ1) is 15.4. The summed E-state index contributed by atoms with van der Waals surface area (Å²) in [5, 5.41) is 15.2. The molecule has 0 amide bonds. The summed E-state index contributed by atoms with van der Waals surface area (Å²) >= 11 is 0. The van der Waals surface area contributed by atoms with Gasteiger partial charge in [0.05, 0.1) is 27.3 Å². The first-order valence-corrected chi connectivity index (χ1v) is 7.93. The third-order valence-corrected chi connectivity index (χ3v) is 4.46. The number of hydrogen-bond donors (Lipinski definition) is 1. The van der Waals surface area contributed by atoms with Crippen molar-refractivity contribution in [2.75, 3.05) is 5.32 Å².